The topological polar surface area (TPSA) is 50.9 Å². The van der Waals surface area contributed by atoms with E-state index in [9.17, 15) is 6.48 Å². The van der Waals surface area contributed by atoms with E-state index in [0.717, 1.165) is 33.5 Å². The third kappa shape index (κ3) is 7.04. The van der Waals surface area contributed by atoms with Gasteiger partial charge in [-0.15, -0.1) is 0 Å². The summed E-state index contributed by atoms with van der Waals surface area (Å²) < 4.78 is 96.8. The first-order valence-corrected chi connectivity index (χ1v) is 18.6. The molecule has 0 unspecified atom stereocenters. The Kier molecular flexibility index (Phi) is 6.64. The second-order valence-corrected chi connectivity index (χ2v) is 15.6. The van der Waals surface area contributed by atoms with Crippen LogP contribution in [-0.4, -0.2) is 19.6 Å². The number of phenolic OH excluding ortho intramolecular Hbond substituents is 1. The number of aryl methyl sites for hydroxylation is 2. The average Bonchev–Trinajstić information content (AvgIpc) is 3.65. The van der Waals surface area contributed by atoms with Crippen LogP contribution in [0.15, 0.2) is 139 Å². The second kappa shape index (κ2) is 14.4. The zero-order valence-electron chi connectivity index (χ0n) is 43.5. The number of nitrogens with zero attached hydrogens (tertiary/aromatic N) is 3. The molecule has 0 aliphatic heterocycles. The zero-order chi connectivity index (χ0) is 48.8. The van der Waals surface area contributed by atoms with Crippen molar-refractivity contribution in [3.63, 3.8) is 0 Å². The van der Waals surface area contributed by atoms with Crippen molar-refractivity contribution < 1.29 is 20.2 Å². The maximum atomic E-state index is 11.7. The number of rotatable bonds is 7. The van der Waals surface area contributed by atoms with Gasteiger partial charge in [0.25, 0.3) is 0 Å². The lowest BCUT2D eigenvalue weighted by Crippen LogP contribution is -2.11. The molecule has 0 spiro atoms. The highest BCUT2D eigenvalue weighted by Crippen LogP contribution is 2.42. The average molecular weight is 743 g/mol. The van der Waals surface area contributed by atoms with E-state index in [0.29, 0.717) is 44.7 Å². The summed E-state index contributed by atoms with van der Waals surface area (Å²) in [5, 5.41) is 11.7. The minimum atomic E-state index is -2.97. The Bertz CT molecular complexity index is 3280. The molecule has 0 saturated heterocycles. The molecule has 2 heterocycles. The van der Waals surface area contributed by atoms with Crippen LogP contribution in [0.2, 0.25) is 0 Å². The SMILES string of the molecule is [2H]c1nc(-c2cc(-c3cccc4c3nc(-c3cc(C)cc(C)c3O)n4-c3cc(-c4ccccc4)cc(C([2H])(C)C)c3)cc(C(C)(C)C)c2)c([2H])c(-c2c([2H])c([2H])c(C([2H])([2H])[2H])c([2H])c2[2H])c1[2H]. The molecule has 0 bridgehead atoms. The second-order valence-electron chi connectivity index (χ2n) is 15.6. The van der Waals surface area contributed by atoms with Crippen molar-refractivity contribution >= 4 is 11.0 Å². The van der Waals surface area contributed by atoms with E-state index in [1.807, 2.05) is 138 Å². The van der Waals surface area contributed by atoms with Crippen molar-refractivity contribution in [1.82, 2.24) is 14.5 Å². The van der Waals surface area contributed by atoms with Crippen molar-refractivity contribution in [1.29, 1.82) is 0 Å². The largest absolute Gasteiger partial charge is 0.507 e. The number of imidazole rings is 1. The lowest BCUT2D eigenvalue weighted by molar-refractivity contribution is 0.472. The Morgan fingerprint density at radius 1 is 0.714 bits per heavy atom. The molecule has 8 rings (SSSR count). The molecule has 0 aliphatic rings. The Morgan fingerprint density at radius 2 is 1.48 bits per heavy atom. The van der Waals surface area contributed by atoms with Crippen LogP contribution < -0.4 is 0 Å². The third-order valence-corrected chi connectivity index (χ3v) is 10.1. The summed E-state index contributed by atoms with van der Waals surface area (Å²) >= 11 is 0. The maximum Gasteiger partial charge on any atom is 0.149 e. The van der Waals surface area contributed by atoms with Crippen molar-refractivity contribution in [2.75, 3.05) is 0 Å². The highest BCUT2D eigenvalue weighted by molar-refractivity contribution is 5.97. The van der Waals surface area contributed by atoms with E-state index >= 15 is 0 Å². The van der Waals surface area contributed by atoms with E-state index in [1.54, 1.807) is 6.07 Å². The van der Waals surface area contributed by atoms with Crippen molar-refractivity contribution in [2.24, 2.45) is 0 Å². The van der Waals surface area contributed by atoms with E-state index in [2.05, 4.69) is 11.1 Å². The van der Waals surface area contributed by atoms with Gasteiger partial charge in [0.2, 0.25) is 0 Å². The minimum absolute atomic E-state index is 0.0538. The van der Waals surface area contributed by atoms with Crippen LogP contribution in [0.5, 0.6) is 5.75 Å². The number of phenols is 1. The Hall–Kier alpha value is -6.26. The molecule has 6 aromatic carbocycles. The summed E-state index contributed by atoms with van der Waals surface area (Å²) in [5.41, 5.74) is 7.13. The number of hydrogen-bond donors (Lipinski definition) is 1. The molecule has 0 radical (unpaired) electrons. The summed E-state index contributed by atoms with van der Waals surface area (Å²) in [6, 6.07) is 27.1. The molecule has 0 atom stereocenters. The van der Waals surface area contributed by atoms with Gasteiger partial charge in [0.15, 0.2) is 0 Å². The summed E-state index contributed by atoms with van der Waals surface area (Å²) in [5.74, 6) is -0.440. The molecule has 56 heavy (non-hydrogen) atoms. The normalized spacial score (nSPS) is 15.0. The fourth-order valence-corrected chi connectivity index (χ4v) is 7.10. The lowest BCUT2D eigenvalue weighted by Gasteiger charge is -2.22. The predicted octanol–water partition coefficient (Wildman–Crippen LogP) is 13.8. The van der Waals surface area contributed by atoms with Gasteiger partial charge in [-0.3, -0.25) is 9.55 Å². The number of pyridine rings is 1. The van der Waals surface area contributed by atoms with Gasteiger partial charge >= 0.3 is 0 Å². The molecule has 0 saturated carbocycles. The summed E-state index contributed by atoms with van der Waals surface area (Å²) in [6.07, 6.45) is -0.577. The fourth-order valence-electron chi connectivity index (χ4n) is 7.10. The van der Waals surface area contributed by atoms with Gasteiger partial charge in [-0.1, -0.05) is 125 Å². The quantitative estimate of drug-likeness (QED) is 0.177. The summed E-state index contributed by atoms with van der Waals surface area (Å²) in [7, 11) is 0. The molecular formula is C52H49N3O. The Balaban J connectivity index is 1.43. The summed E-state index contributed by atoms with van der Waals surface area (Å²) in [4.78, 5) is 9.77. The van der Waals surface area contributed by atoms with Gasteiger partial charge in [0, 0.05) is 28.5 Å². The van der Waals surface area contributed by atoms with Crippen LogP contribution in [0.4, 0.5) is 0 Å². The van der Waals surface area contributed by atoms with Crippen LogP contribution >= 0.6 is 0 Å². The van der Waals surface area contributed by atoms with Crippen molar-refractivity contribution in [2.45, 2.75) is 66.6 Å². The van der Waals surface area contributed by atoms with E-state index in [1.165, 1.54) is 0 Å². The lowest BCUT2D eigenvalue weighted by atomic mass is 9.83. The molecule has 4 heteroatoms. The first-order valence-electron chi connectivity index (χ1n) is 24.1. The highest BCUT2D eigenvalue weighted by Gasteiger charge is 2.24. The Labute approximate surface area is 346 Å². The van der Waals surface area contributed by atoms with E-state index in [4.69, 9.17) is 18.7 Å². The summed E-state index contributed by atoms with van der Waals surface area (Å²) in [6.45, 7) is 10.6. The number of hydrogen-bond acceptors (Lipinski definition) is 3. The van der Waals surface area contributed by atoms with Gasteiger partial charge in [-0.05, 0) is 131 Å². The molecular weight excluding hydrogens is 683 g/mol. The van der Waals surface area contributed by atoms with Gasteiger partial charge in [-0.2, -0.15) is 0 Å². The molecule has 0 amide bonds. The van der Waals surface area contributed by atoms with Gasteiger partial charge < -0.3 is 5.11 Å². The molecule has 4 nitrogen and oxygen atoms in total. The number of aromatic nitrogens is 3. The molecule has 8 aromatic rings. The highest BCUT2D eigenvalue weighted by atomic mass is 16.3. The fraction of sp³-hybridized carbons (Fsp3) is 0.192. The van der Waals surface area contributed by atoms with Crippen LogP contribution in [-0.2, 0) is 5.41 Å². The van der Waals surface area contributed by atoms with Crippen LogP contribution in [0.3, 0.4) is 0 Å². The minimum Gasteiger partial charge on any atom is -0.507 e. The number of aromatic hydroxyl groups is 1. The number of fused-ring (bicyclic) bond motifs is 1. The molecule has 2 aromatic heterocycles. The third-order valence-electron chi connectivity index (χ3n) is 10.1. The molecule has 0 aliphatic carbocycles. The molecule has 278 valence electrons. The van der Waals surface area contributed by atoms with Crippen LogP contribution in [0, 0.1) is 20.7 Å². The van der Waals surface area contributed by atoms with Gasteiger partial charge in [-0.25, -0.2) is 4.98 Å². The van der Waals surface area contributed by atoms with Gasteiger partial charge in [0.05, 0.1) is 31.9 Å². The molecule has 1 N–H and O–H groups in total. The zero-order valence-corrected chi connectivity index (χ0v) is 32.5. The standard InChI is InChI=1S/C52H49N3O/c1-32(2)39-25-40(36-13-10-9-11-14-36)30-44(29-39)55-48-16-12-15-45(49(48)54-51(55)46-24-34(4)23-35(5)50(46)56)41-26-42(28-43(27-41)52(6,7)8)47-31-38(21-22-53-47)37-19-17-33(3)18-20-37/h9-32,56H,1-8H3/i3D3,17D,18D,19D,20D,21D,22D,31D,32D. The first kappa shape index (κ1) is 25.8. The Morgan fingerprint density at radius 3 is 2.21 bits per heavy atom. The van der Waals surface area contributed by atoms with Crippen molar-refractivity contribution in [3.05, 3.63) is 167 Å². The van der Waals surface area contributed by atoms with Gasteiger partial charge in [0.1, 0.15) is 11.6 Å². The maximum absolute atomic E-state index is 11.7. The number of benzene rings is 6. The smallest absolute Gasteiger partial charge is 0.149 e. The molecule has 0 fully saturated rings. The monoisotopic (exact) mass is 742 g/mol. The van der Waals surface area contributed by atoms with E-state index in [-0.39, 0.29) is 17.0 Å². The van der Waals surface area contributed by atoms with Crippen LogP contribution in [0.1, 0.15) is 83.4 Å². The van der Waals surface area contributed by atoms with Crippen LogP contribution in [0.25, 0.3) is 72.7 Å². The first-order chi connectivity index (χ1) is 31.3. The van der Waals surface area contributed by atoms with E-state index < -0.39 is 71.7 Å². The predicted molar refractivity (Wildman–Crippen MR) is 235 cm³/mol. The van der Waals surface area contributed by atoms with Crippen molar-refractivity contribution in [3.8, 4) is 67.5 Å². The number of para-hydroxylation sites is 1.